The molecule has 3 amide bonds. The lowest BCUT2D eigenvalue weighted by atomic mass is 9.83. The number of anilines is 3. The number of para-hydroxylation sites is 1. The average Bonchev–Trinajstić information content (AvgIpc) is 3.28. The summed E-state index contributed by atoms with van der Waals surface area (Å²) < 4.78 is 0.727. The van der Waals surface area contributed by atoms with Crippen LogP contribution in [0.15, 0.2) is 120 Å². The van der Waals surface area contributed by atoms with Crippen LogP contribution in [0.1, 0.15) is 30.0 Å². The molecular formula is C37H36BrN3O5. The Morgan fingerprint density at radius 3 is 2.24 bits per heavy atom. The van der Waals surface area contributed by atoms with Gasteiger partial charge in [0.2, 0.25) is 12.3 Å². The van der Waals surface area contributed by atoms with Gasteiger partial charge in [-0.2, -0.15) is 0 Å². The van der Waals surface area contributed by atoms with E-state index >= 15 is 0 Å². The quantitative estimate of drug-likeness (QED) is 0.132. The number of fused-ring (bicyclic) bond motifs is 1. The fourth-order valence-electron chi connectivity index (χ4n) is 5.74. The molecule has 0 saturated heterocycles. The number of carbonyl (C=O) groups excluding carboxylic acids is 3. The number of hydrogen-bond donors (Lipinski definition) is 2. The first-order valence-corrected chi connectivity index (χ1v) is 15.9. The van der Waals surface area contributed by atoms with Gasteiger partial charge in [-0.25, -0.2) is 0 Å². The highest BCUT2D eigenvalue weighted by molar-refractivity contribution is 9.10. The summed E-state index contributed by atoms with van der Waals surface area (Å²) in [4.78, 5) is 43.6. The second-order valence-corrected chi connectivity index (χ2v) is 12.2. The van der Waals surface area contributed by atoms with Crippen LogP contribution in [0, 0.1) is 5.92 Å². The minimum atomic E-state index is -1.85. The van der Waals surface area contributed by atoms with Crippen LogP contribution in [0.3, 0.4) is 0 Å². The van der Waals surface area contributed by atoms with E-state index in [9.17, 15) is 24.6 Å². The highest BCUT2D eigenvalue weighted by atomic mass is 79.9. The average molecular weight is 683 g/mol. The molecule has 0 bridgehead atoms. The molecule has 5 rings (SSSR count). The first-order chi connectivity index (χ1) is 22.3. The zero-order chi connectivity index (χ0) is 32.7. The molecule has 9 heteroatoms. The third-order valence-electron chi connectivity index (χ3n) is 8.24. The summed E-state index contributed by atoms with van der Waals surface area (Å²) in [6.45, 7) is 2.40. The van der Waals surface area contributed by atoms with Crippen molar-refractivity contribution in [2.75, 3.05) is 23.0 Å². The van der Waals surface area contributed by atoms with Crippen molar-refractivity contribution in [3.63, 3.8) is 0 Å². The molecule has 0 aliphatic carbocycles. The van der Waals surface area contributed by atoms with Crippen molar-refractivity contribution in [2.45, 2.75) is 32.0 Å². The molecule has 4 aromatic rings. The van der Waals surface area contributed by atoms with Gasteiger partial charge in [-0.1, -0.05) is 95.7 Å². The Balaban J connectivity index is 1.32. The molecule has 1 aliphatic rings. The smallest absolute Gasteiger partial charge is 0.264 e. The van der Waals surface area contributed by atoms with E-state index in [1.54, 1.807) is 39.8 Å². The van der Waals surface area contributed by atoms with E-state index in [2.05, 4.69) is 15.9 Å². The van der Waals surface area contributed by atoms with E-state index in [1.165, 1.54) is 0 Å². The molecule has 0 spiro atoms. The highest BCUT2D eigenvalue weighted by Gasteiger charge is 2.52. The second kappa shape index (κ2) is 14.7. The highest BCUT2D eigenvalue weighted by Crippen LogP contribution is 2.46. The maximum atomic E-state index is 14.0. The summed E-state index contributed by atoms with van der Waals surface area (Å²) in [6, 6.07) is 31.7. The minimum absolute atomic E-state index is 0.0592. The third-order valence-corrected chi connectivity index (χ3v) is 8.73. The Morgan fingerprint density at radius 1 is 0.935 bits per heavy atom. The molecule has 0 radical (unpaired) electrons. The van der Waals surface area contributed by atoms with Gasteiger partial charge in [0.1, 0.15) is 0 Å². The van der Waals surface area contributed by atoms with Crippen molar-refractivity contribution in [2.24, 2.45) is 5.92 Å². The molecule has 0 aromatic heterocycles. The van der Waals surface area contributed by atoms with Crippen LogP contribution in [-0.4, -0.2) is 46.5 Å². The van der Waals surface area contributed by atoms with Gasteiger partial charge in [-0.3, -0.25) is 19.3 Å². The second-order valence-electron chi connectivity index (χ2n) is 11.2. The lowest BCUT2D eigenvalue weighted by Crippen LogP contribution is -2.44. The van der Waals surface area contributed by atoms with Gasteiger partial charge in [0.05, 0.1) is 18.8 Å². The standard InChI is InChI=1S/C37H36BrN3O5/c1-27(9-8-14-35(44)39(21-22-42)24-28-10-4-2-5-11-28)37(46)33-23-30(38)17-20-34(33)40(36(37)45)25-29-15-18-32(19-16-29)41(26-43)31-12-6-3-7-13-31/h2-13,15-20,23,26-27,42,46H,14,21-22,24-25H2,1H3/b9-8+/t27-,37+/m1/s1. The SMILES string of the molecule is C[C@H](/C=C/CC(=O)N(CCO)Cc1ccccc1)[C@@]1(O)C(=O)N(Cc2ccc(N(C=O)c3ccccc3)cc2)c2ccc(Br)cc21. The van der Waals surface area contributed by atoms with Gasteiger partial charge in [-0.05, 0) is 53.6 Å². The number of hydrogen-bond acceptors (Lipinski definition) is 5. The molecule has 4 aromatic carbocycles. The van der Waals surface area contributed by atoms with E-state index in [0.29, 0.717) is 23.5 Å². The lowest BCUT2D eigenvalue weighted by molar-refractivity contribution is -0.139. The first kappa shape index (κ1) is 32.8. The topological polar surface area (TPSA) is 101 Å². The number of carbonyl (C=O) groups is 3. The molecule has 1 heterocycles. The Hall–Kier alpha value is -4.57. The zero-order valence-electron chi connectivity index (χ0n) is 25.5. The van der Waals surface area contributed by atoms with Crippen LogP contribution in [-0.2, 0) is 33.1 Å². The van der Waals surface area contributed by atoms with Gasteiger partial charge in [0.25, 0.3) is 5.91 Å². The van der Waals surface area contributed by atoms with Gasteiger partial charge < -0.3 is 20.0 Å². The number of benzene rings is 4. The Kier molecular flexibility index (Phi) is 10.5. The Labute approximate surface area is 277 Å². The van der Waals surface area contributed by atoms with Gasteiger partial charge in [0, 0.05) is 46.8 Å². The number of rotatable bonds is 13. The summed E-state index contributed by atoms with van der Waals surface area (Å²) >= 11 is 3.49. The normalized spacial score (nSPS) is 16.3. The summed E-state index contributed by atoms with van der Waals surface area (Å²) in [5, 5.41) is 21.6. The number of aliphatic hydroxyl groups excluding tert-OH is 1. The van der Waals surface area contributed by atoms with E-state index in [1.807, 2.05) is 97.1 Å². The number of aliphatic hydroxyl groups is 2. The summed E-state index contributed by atoms with van der Waals surface area (Å²) in [5.41, 5.74) is 2.45. The van der Waals surface area contributed by atoms with Crippen molar-refractivity contribution in [3.8, 4) is 0 Å². The van der Waals surface area contributed by atoms with E-state index in [0.717, 1.165) is 27.7 Å². The van der Waals surface area contributed by atoms with Crippen molar-refractivity contribution in [1.82, 2.24) is 4.90 Å². The number of halogens is 1. The molecule has 1 aliphatic heterocycles. The van der Waals surface area contributed by atoms with E-state index in [-0.39, 0.29) is 32.0 Å². The molecule has 0 unspecified atom stereocenters. The van der Waals surface area contributed by atoms with Crippen molar-refractivity contribution in [3.05, 3.63) is 136 Å². The van der Waals surface area contributed by atoms with Gasteiger partial charge in [-0.15, -0.1) is 0 Å². The predicted octanol–water partition coefficient (Wildman–Crippen LogP) is 6.08. The molecule has 0 saturated carbocycles. The minimum Gasteiger partial charge on any atom is -0.395 e. The van der Waals surface area contributed by atoms with E-state index in [4.69, 9.17) is 0 Å². The van der Waals surface area contributed by atoms with Crippen molar-refractivity contribution < 1.29 is 24.6 Å². The monoisotopic (exact) mass is 681 g/mol. The molecule has 0 fully saturated rings. The van der Waals surface area contributed by atoms with E-state index < -0.39 is 17.4 Å². The third kappa shape index (κ3) is 6.97. The van der Waals surface area contributed by atoms with Gasteiger partial charge in [0.15, 0.2) is 5.60 Å². The fourth-order valence-corrected chi connectivity index (χ4v) is 6.10. The lowest BCUT2D eigenvalue weighted by Gasteiger charge is -2.28. The fraction of sp³-hybridized carbons (Fsp3) is 0.216. The number of nitrogens with zero attached hydrogens (tertiary/aromatic N) is 3. The summed E-state index contributed by atoms with van der Waals surface area (Å²) in [6.07, 6.45) is 4.20. The Morgan fingerprint density at radius 2 is 1.59 bits per heavy atom. The molecule has 46 heavy (non-hydrogen) atoms. The van der Waals surface area contributed by atoms with Crippen LogP contribution in [0.5, 0.6) is 0 Å². The van der Waals surface area contributed by atoms with Crippen LogP contribution in [0.4, 0.5) is 17.1 Å². The van der Waals surface area contributed by atoms with Crippen LogP contribution < -0.4 is 9.80 Å². The number of amides is 3. The molecule has 2 N–H and O–H groups in total. The maximum absolute atomic E-state index is 14.0. The molecule has 236 valence electrons. The Bertz CT molecular complexity index is 1700. The predicted molar refractivity (Wildman–Crippen MR) is 182 cm³/mol. The molecule has 2 atom stereocenters. The zero-order valence-corrected chi connectivity index (χ0v) is 27.1. The van der Waals surface area contributed by atoms with Crippen LogP contribution >= 0.6 is 15.9 Å². The van der Waals surface area contributed by atoms with Crippen LogP contribution in [0.2, 0.25) is 0 Å². The van der Waals surface area contributed by atoms with Crippen molar-refractivity contribution >= 4 is 51.2 Å². The summed E-state index contributed by atoms with van der Waals surface area (Å²) in [5.74, 6) is -1.28. The first-order valence-electron chi connectivity index (χ1n) is 15.1. The molecular weight excluding hydrogens is 646 g/mol. The van der Waals surface area contributed by atoms with Crippen molar-refractivity contribution in [1.29, 1.82) is 0 Å². The van der Waals surface area contributed by atoms with Crippen LogP contribution in [0.25, 0.3) is 0 Å². The van der Waals surface area contributed by atoms with Gasteiger partial charge >= 0.3 is 0 Å². The largest absolute Gasteiger partial charge is 0.395 e. The maximum Gasteiger partial charge on any atom is 0.264 e. The molecule has 8 nitrogen and oxygen atoms in total. The summed E-state index contributed by atoms with van der Waals surface area (Å²) in [7, 11) is 0.